The average molecular weight is 464 g/mol. The molecule has 0 aliphatic heterocycles. The molecule has 33 heavy (non-hydrogen) atoms. The van der Waals surface area contributed by atoms with E-state index in [0.29, 0.717) is 22.5 Å². The van der Waals surface area contributed by atoms with E-state index in [2.05, 4.69) is 10.3 Å². The van der Waals surface area contributed by atoms with Crippen molar-refractivity contribution < 1.29 is 19.1 Å². The number of hydrogen-bond acceptors (Lipinski definition) is 7. The van der Waals surface area contributed by atoms with Gasteiger partial charge in [-0.25, -0.2) is 9.78 Å². The lowest BCUT2D eigenvalue weighted by Gasteiger charge is -2.11. The van der Waals surface area contributed by atoms with E-state index in [1.54, 1.807) is 24.3 Å². The van der Waals surface area contributed by atoms with Crippen LogP contribution in [0.4, 0.5) is 5.69 Å². The molecule has 4 aromatic rings. The molecule has 0 radical (unpaired) electrons. The summed E-state index contributed by atoms with van der Waals surface area (Å²) in [6, 6.07) is 14.0. The van der Waals surface area contributed by atoms with Crippen molar-refractivity contribution >= 4 is 39.1 Å². The summed E-state index contributed by atoms with van der Waals surface area (Å²) in [5.41, 5.74) is 1.83. The van der Waals surface area contributed by atoms with Crippen molar-refractivity contribution in [3.63, 3.8) is 0 Å². The Kier molecular flexibility index (Phi) is 6.50. The fraction of sp³-hybridized carbons (Fsp3) is 0.167. The number of aromatic nitrogens is 2. The van der Waals surface area contributed by atoms with Gasteiger partial charge in [0, 0.05) is 10.9 Å². The van der Waals surface area contributed by atoms with Crippen LogP contribution in [0, 0.1) is 0 Å². The molecule has 0 unspecified atom stereocenters. The second-order valence-electron chi connectivity index (χ2n) is 7.05. The van der Waals surface area contributed by atoms with Crippen molar-refractivity contribution in [2.75, 3.05) is 19.0 Å². The fourth-order valence-corrected chi connectivity index (χ4v) is 4.32. The third-order valence-electron chi connectivity index (χ3n) is 4.96. The van der Waals surface area contributed by atoms with Crippen LogP contribution in [-0.4, -0.2) is 35.1 Å². The standard InChI is InChI=1S/C24H21N3O5S/c1-3-32-16-10-8-15(9-11-16)18-13-33-22-21(18)23(29)27(14-25-22)12-20(28)26-19-7-5-4-6-17(19)24(30)31-2/h4-11,13-14H,3,12H2,1-2H3,(H,26,28). The highest BCUT2D eigenvalue weighted by Gasteiger charge is 2.17. The predicted molar refractivity (Wildman–Crippen MR) is 127 cm³/mol. The van der Waals surface area contributed by atoms with E-state index in [-0.39, 0.29) is 17.7 Å². The lowest BCUT2D eigenvalue weighted by molar-refractivity contribution is -0.116. The van der Waals surface area contributed by atoms with Gasteiger partial charge in [0.2, 0.25) is 5.91 Å². The van der Waals surface area contributed by atoms with E-state index >= 15 is 0 Å². The molecule has 4 rings (SSSR count). The molecule has 1 amide bonds. The summed E-state index contributed by atoms with van der Waals surface area (Å²) < 4.78 is 11.5. The van der Waals surface area contributed by atoms with Crippen molar-refractivity contribution in [3.8, 4) is 16.9 Å². The van der Waals surface area contributed by atoms with Gasteiger partial charge in [-0.05, 0) is 36.8 Å². The van der Waals surface area contributed by atoms with Crippen molar-refractivity contribution in [2.45, 2.75) is 13.5 Å². The van der Waals surface area contributed by atoms with Crippen molar-refractivity contribution in [1.82, 2.24) is 9.55 Å². The minimum atomic E-state index is -0.565. The molecule has 2 aromatic heterocycles. The smallest absolute Gasteiger partial charge is 0.339 e. The highest BCUT2D eigenvalue weighted by atomic mass is 32.1. The summed E-state index contributed by atoms with van der Waals surface area (Å²) in [4.78, 5) is 42.8. The highest BCUT2D eigenvalue weighted by molar-refractivity contribution is 7.17. The van der Waals surface area contributed by atoms with Gasteiger partial charge in [0.1, 0.15) is 17.1 Å². The molecule has 2 aromatic carbocycles. The maximum Gasteiger partial charge on any atom is 0.339 e. The van der Waals surface area contributed by atoms with Gasteiger partial charge in [-0.2, -0.15) is 0 Å². The summed E-state index contributed by atoms with van der Waals surface area (Å²) in [7, 11) is 1.27. The van der Waals surface area contributed by atoms with E-state index in [1.807, 2.05) is 36.6 Å². The van der Waals surface area contributed by atoms with Gasteiger partial charge < -0.3 is 14.8 Å². The molecule has 9 heteroatoms. The molecule has 8 nitrogen and oxygen atoms in total. The van der Waals surface area contributed by atoms with Crippen LogP contribution in [0.3, 0.4) is 0 Å². The van der Waals surface area contributed by atoms with Gasteiger partial charge in [0.15, 0.2) is 0 Å². The molecule has 0 saturated carbocycles. The van der Waals surface area contributed by atoms with Crippen LogP contribution in [0.5, 0.6) is 5.75 Å². The van der Waals surface area contributed by atoms with E-state index in [1.165, 1.54) is 29.3 Å². The van der Waals surface area contributed by atoms with Crippen LogP contribution in [0.25, 0.3) is 21.3 Å². The molecule has 0 saturated heterocycles. The molecular formula is C24H21N3O5S. The van der Waals surface area contributed by atoms with Crippen LogP contribution in [-0.2, 0) is 16.1 Å². The minimum Gasteiger partial charge on any atom is -0.494 e. The Balaban J connectivity index is 1.61. The highest BCUT2D eigenvalue weighted by Crippen LogP contribution is 2.31. The number of fused-ring (bicyclic) bond motifs is 1. The van der Waals surface area contributed by atoms with Gasteiger partial charge in [0.25, 0.3) is 5.56 Å². The average Bonchev–Trinajstić information content (AvgIpc) is 3.26. The molecule has 0 spiro atoms. The van der Waals surface area contributed by atoms with Gasteiger partial charge in [-0.1, -0.05) is 24.3 Å². The number of carbonyl (C=O) groups excluding carboxylic acids is 2. The molecule has 0 atom stereocenters. The zero-order valence-corrected chi connectivity index (χ0v) is 18.8. The predicted octanol–water partition coefficient (Wildman–Crippen LogP) is 3.95. The van der Waals surface area contributed by atoms with Crippen molar-refractivity contribution in [3.05, 3.63) is 76.2 Å². The van der Waals surface area contributed by atoms with Gasteiger partial charge >= 0.3 is 5.97 Å². The number of ether oxygens (including phenoxy) is 2. The number of methoxy groups -OCH3 is 1. The van der Waals surface area contributed by atoms with E-state index in [9.17, 15) is 14.4 Å². The SMILES string of the molecule is CCOc1ccc(-c2csc3ncn(CC(=O)Nc4ccccc4C(=O)OC)c(=O)c23)cc1. The zero-order chi connectivity index (χ0) is 23.4. The van der Waals surface area contributed by atoms with E-state index < -0.39 is 11.9 Å². The van der Waals surface area contributed by atoms with E-state index in [0.717, 1.165) is 16.9 Å². The lowest BCUT2D eigenvalue weighted by Crippen LogP contribution is -2.28. The number of rotatable bonds is 7. The number of para-hydroxylation sites is 1. The Hall–Kier alpha value is -3.98. The third kappa shape index (κ3) is 4.63. The monoisotopic (exact) mass is 463 g/mol. The first-order valence-electron chi connectivity index (χ1n) is 10.2. The summed E-state index contributed by atoms with van der Waals surface area (Å²) in [5, 5.41) is 5.00. The lowest BCUT2D eigenvalue weighted by atomic mass is 10.1. The Morgan fingerprint density at radius 2 is 1.88 bits per heavy atom. The zero-order valence-electron chi connectivity index (χ0n) is 18.0. The molecular weight excluding hydrogens is 442 g/mol. The maximum atomic E-state index is 13.2. The third-order valence-corrected chi connectivity index (χ3v) is 5.84. The first kappa shape index (κ1) is 22.2. The van der Waals surface area contributed by atoms with Crippen molar-refractivity contribution in [1.29, 1.82) is 0 Å². The molecule has 2 heterocycles. The minimum absolute atomic E-state index is 0.227. The first-order chi connectivity index (χ1) is 16.0. The van der Waals surface area contributed by atoms with Crippen LogP contribution in [0.1, 0.15) is 17.3 Å². The van der Waals surface area contributed by atoms with Gasteiger partial charge in [-0.15, -0.1) is 11.3 Å². The number of nitrogens with one attached hydrogen (secondary N) is 1. The number of nitrogens with zero attached hydrogens (tertiary/aromatic N) is 2. The molecule has 1 N–H and O–H groups in total. The van der Waals surface area contributed by atoms with Crippen LogP contribution < -0.4 is 15.6 Å². The van der Waals surface area contributed by atoms with Gasteiger partial charge in [-0.3, -0.25) is 14.2 Å². The van der Waals surface area contributed by atoms with Crippen LogP contribution in [0.2, 0.25) is 0 Å². The summed E-state index contributed by atoms with van der Waals surface area (Å²) in [5.74, 6) is -0.280. The summed E-state index contributed by atoms with van der Waals surface area (Å²) >= 11 is 1.37. The Bertz CT molecular complexity index is 1380. The quantitative estimate of drug-likeness (QED) is 0.417. The first-order valence-corrected chi connectivity index (χ1v) is 11.1. The Morgan fingerprint density at radius 3 is 2.61 bits per heavy atom. The topological polar surface area (TPSA) is 99.5 Å². The van der Waals surface area contributed by atoms with Gasteiger partial charge in [0.05, 0.1) is 36.7 Å². The Morgan fingerprint density at radius 1 is 1.12 bits per heavy atom. The van der Waals surface area contributed by atoms with Crippen LogP contribution in [0.15, 0.2) is 65.0 Å². The second kappa shape index (κ2) is 9.66. The number of carbonyl (C=O) groups is 2. The largest absolute Gasteiger partial charge is 0.494 e. The normalized spacial score (nSPS) is 10.7. The molecule has 0 bridgehead atoms. The molecule has 0 fully saturated rings. The number of anilines is 1. The second-order valence-corrected chi connectivity index (χ2v) is 7.91. The number of amides is 1. The van der Waals surface area contributed by atoms with Crippen LogP contribution >= 0.6 is 11.3 Å². The molecule has 0 aliphatic rings. The maximum absolute atomic E-state index is 13.2. The fourth-order valence-electron chi connectivity index (χ4n) is 3.41. The number of esters is 1. The summed E-state index contributed by atoms with van der Waals surface area (Å²) in [6.07, 6.45) is 1.36. The molecule has 168 valence electrons. The Labute approximate surface area is 193 Å². The molecule has 0 aliphatic carbocycles. The van der Waals surface area contributed by atoms with Crippen molar-refractivity contribution in [2.24, 2.45) is 0 Å². The summed E-state index contributed by atoms with van der Waals surface area (Å²) in [6.45, 7) is 2.23. The number of thiophene rings is 1. The number of benzene rings is 2. The number of hydrogen-bond donors (Lipinski definition) is 1. The van der Waals surface area contributed by atoms with E-state index in [4.69, 9.17) is 9.47 Å².